The number of rotatable bonds is 5. The number of allylic oxidation sites excluding steroid dienone is 2. The molecule has 0 amide bonds. The zero-order valence-electron chi connectivity index (χ0n) is 9.49. The molecule has 0 aliphatic heterocycles. The molecule has 1 aliphatic rings. The molecule has 0 spiro atoms. The number of ketones is 1. The Kier molecular flexibility index (Phi) is 5.35. The average molecular weight is 220 g/mol. The van der Waals surface area contributed by atoms with Crippen molar-refractivity contribution in [3.8, 4) is 11.8 Å². The molecule has 0 saturated heterocycles. The van der Waals surface area contributed by atoms with Gasteiger partial charge in [-0.15, -0.1) is 0 Å². The van der Waals surface area contributed by atoms with Gasteiger partial charge in [0.1, 0.15) is 0 Å². The quantitative estimate of drug-likeness (QED) is 0.233. The summed E-state index contributed by atoms with van der Waals surface area (Å²) in [5.41, 5.74) is 0. The van der Waals surface area contributed by atoms with Gasteiger partial charge >= 0.3 is 5.97 Å². The Bertz CT molecular complexity index is 340. The van der Waals surface area contributed by atoms with Gasteiger partial charge in [-0.05, 0) is 31.8 Å². The van der Waals surface area contributed by atoms with Crippen molar-refractivity contribution in [2.75, 3.05) is 7.11 Å². The molecule has 1 aliphatic carbocycles. The van der Waals surface area contributed by atoms with Gasteiger partial charge in [0.25, 0.3) is 0 Å². The van der Waals surface area contributed by atoms with Crippen molar-refractivity contribution in [3.63, 3.8) is 0 Å². The summed E-state index contributed by atoms with van der Waals surface area (Å²) in [6.07, 6.45) is 8.00. The van der Waals surface area contributed by atoms with Crippen LogP contribution in [0.1, 0.15) is 32.1 Å². The van der Waals surface area contributed by atoms with E-state index in [-0.39, 0.29) is 5.78 Å². The molecule has 1 rings (SSSR count). The number of esters is 1. The normalized spacial score (nSPS) is 14.3. The summed E-state index contributed by atoms with van der Waals surface area (Å²) in [6, 6.07) is 0. The van der Waals surface area contributed by atoms with Crippen LogP contribution in [0.2, 0.25) is 0 Å². The van der Waals surface area contributed by atoms with Gasteiger partial charge in [0.05, 0.1) is 7.11 Å². The van der Waals surface area contributed by atoms with Gasteiger partial charge in [-0.3, -0.25) is 4.79 Å². The molecule has 0 bridgehead atoms. The molecule has 0 atom stereocenters. The summed E-state index contributed by atoms with van der Waals surface area (Å²) in [5.74, 6) is 5.13. The Hall–Kier alpha value is -1.56. The molecular formula is C13H16O3. The summed E-state index contributed by atoms with van der Waals surface area (Å²) in [6.45, 7) is 0. The van der Waals surface area contributed by atoms with Crippen LogP contribution in [0.3, 0.4) is 0 Å². The Morgan fingerprint density at radius 3 is 2.81 bits per heavy atom. The van der Waals surface area contributed by atoms with E-state index in [0.717, 1.165) is 25.7 Å². The summed E-state index contributed by atoms with van der Waals surface area (Å²) in [5, 5.41) is 0. The predicted octanol–water partition coefficient (Wildman–Crippen LogP) is 1.87. The zero-order chi connectivity index (χ0) is 11.8. The Labute approximate surface area is 95.9 Å². The molecule has 0 aromatic rings. The lowest BCUT2D eigenvalue weighted by atomic mass is 10.2. The van der Waals surface area contributed by atoms with Crippen LogP contribution >= 0.6 is 0 Å². The molecule has 0 aromatic carbocycles. The van der Waals surface area contributed by atoms with E-state index in [1.165, 1.54) is 7.11 Å². The summed E-state index contributed by atoms with van der Waals surface area (Å²) in [4.78, 5) is 21.9. The van der Waals surface area contributed by atoms with Crippen molar-refractivity contribution < 1.29 is 14.3 Å². The van der Waals surface area contributed by atoms with Crippen molar-refractivity contribution in [1.82, 2.24) is 0 Å². The molecule has 0 heterocycles. The second-order valence-corrected chi connectivity index (χ2v) is 3.76. The smallest absolute Gasteiger partial charge is 0.384 e. The first kappa shape index (κ1) is 12.5. The highest BCUT2D eigenvalue weighted by atomic mass is 16.5. The molecule has 16 heavy (non-hydrogen) atoms. The first-order valence-electron chi connectivity index (χ1n) is 5.51. The van der Waals surface area contributed by atoms with Crippen molar-refractivity contribution in [2.45, 2.75) is 32.1 Å². The van der Waals surface area contributed by atoms with Gasteiger partial charge in [-0.2, -0.15) is 0 Å². The summed E-state index contributed by atoms with van der Waals surface area (Å²) in [7, 11) is 1.31. The van der Waals surface area contributed by atoms with Crippen LogP contribution in [-0.4, -0.2) is 18.9 Å². The largest absolute Gasteiger partial charge is 0.459 e. The third kappa shape index (κ3) is 5.35. The standard InChI is InChI=1S/C13H16O3/c1-16-13(15)8-6-4-2-3-5-7-12(14)11-9-10-11/h5,7,11H,2-4,9-10H2,1H3/b7-5+. The lowest BCUT2D eigenvalue weighted by molar-refractivity contribution is -0.133. The maximum Gasteiger partial charge on any atom is 0.384 e. The maximum absolute atomic E-state index is 11.2. The predicted molar refractivity (Wildman–Crippen MR) is 60.5 cm³/mol. The van der Waals surface area contributed by atoms with E-state index >= 15 is 0 Å². The average Bonchev–Trinajstić information content (AvgIpc) is 3.10. The second kappa shape index (κ2) is 6.84. The van der Waals surface area contributed by atoms with Gasteiger partial charge in [-0.25, -0.2) is 4.79 Å². The zero-order valence-corrected chi connectivity index (χ0v) is 9.49. The number of hydrogen-bond acceptors (Lipinski definition) is 3. The number of methoxy groups -OCH3 is 1. The molecular weight excluding hydrogens is 204 g/mol. The molecule has 0 N–H and O–H groups in total. The SMILES string of the molecule is COC(=O)C#CCCC/C=C/C(=O)C1CC1. The van der Waals surface area contributed by atoms with Crippen molar-refractivity contribution in [2.24, 2.45) is 5.92 Å². The van der Waals surface area contributed by atoms with E-state index in [9.17, 15) is 9.59 Å². The van der Waals surface area contributed by atoms with Gasteiger partial charge < -0.3 is 4.74 Å². The molecule has 1 saturated carbocycles. The van der Waals surface area contributed by atoms with Gasteiger partial charge in [0.15, 0.2) is 5.78 Å². The molecule has 0 aromatic heterocycles. The fourth-order valence-electron chi connectivity index (χ4n) is 1.20. The maximum atomic E-state index is 11.2. The molecule has 3 nitrogen and oxygen atoms in total. The summed E-state index contributed by atoms with van der Waals surface area (Å²) >= 11 is 0. The highest BCUT2D eigenvalue weighted by Crippen LogP contribution is 2.30. The van der Waals surface area contributed by atoms with Crippen LogP contribution in [0, 0.1) is 17.8 Å². The molecule has 0 radical (unpaired) electrons. The van der Waals surface area contributed by atoms with E-state index in [2.05, 4.69) is 16.6 Å². The lowest BCUT2D eigenvalue weighted by Crippen LogP contribution is -1.94. The number of unbranched alkanes of at least 4 members (excludes halogenated alkanes) is 2. The van der Waals surface area contributed by atoms with Crippen LogP contribution < -0.4 is 0 Å². The number of ether oxygens (including phenoxy) is 1. The summed E-state index contributed by atoms with van der Waals surface area (Å²) < 4.78 is 4.37. The minimum Gasteiger partial charge on any atom is -0.459 e. The number of hydrogen-bond donors (Lipinski definition) is 0. The fraction of sp³-hybridized carbons (Fsp3) is 0.538. The topological polar surface area (TPSA) is 43.4 Å². The van der Waals surface area contributed by atoms with Crippen LogP contribution in [0.15, 0.2) is 12.2 Å². The molecule has 86 valence electrons. The minimum absolute atomic E-state index is 0.251. The van der Waals surface area contributed by atoms with E-state index < -0.39 is 5.97 Å². The van der Waals surface area contributed by atoms with E-state index in [0.29, 0.717) is 12.3 Å². The molecule has 1 fully saturated rings. The molecule has 0 unspecified atom stereocenters. The first-order valence-corrected chi connectivity index (χ1v) is 5.51. The van der Waals surface area contributed by atoms with Crippen LogP contribution in [-0.2, 0) is 14.3 Å². The van der Waals surface area contributed by atoms with E-state index in [1.54, 1.807) is 6.08 Å². The number of carbonyl (C=O) groups excluding carboxylic acids is 2. The molecule has 3 heteroatoms. The van der Waals surface area contributed by atoms with Crippen molar-refractivity contribution in [3.05, 3.63) is 12.2 Å². The van der Waals surface area contributed by atoms with Crippen LogP contribution in [0.25, 0.3) is 0 Å². The lowest BCUT2D eigenvalue weighted by Gasteiger charge is -1.89. The highest BCUT2D eigenvalue weighted by molar-refractivity contribution is 5.93. The van der Waals surface area contributed by atoms with Gasteiger partial charge in [0.2, 0.25) is 0 Å². The third-order valence-electron chi connectivity index (χ3n) is 2.31. The van der Waals surface area contributed by atoms with Crippen LogP contribution in [0.5, 0.6) is 0 Å². The third-order valence-corrected chi connectivity index (χ3v) is 2.31. The highest BCUT2D eigenvalue weighted by Gasteiger charge is 2.27. The minimum atomic E-state index is -0.501. The number of carbonyl (C=O) groups is 2. The van der Waals surface area contributed by atoms with Crippen LogP contribution in [0.4, 0.5) is 0 Å². The Morgan fingerprint density at radius 1 is 1.44 bits per heavy atom. The van der Waals surface area contributed by atoms with E-state index in [4.69, 9.17) is 0 Å². The fourth-order valence-corrected chi connectivity index (χ4v) is 1.20. The van der Waals surface area contributed by atoms with Gasteiger partial charge in [-0.1, -0.05) is 12.0 Å². The van der Waals surface area contributed by atoms with Crippen molar-refractivity contribution in [1.29, 1.82) is 0 Å². The van der Waals surface area contributed by atoms with E-state index in [1.807, 2.05) is 6.08 Å². The second-order valence-electron chi connectivity index (χ2n) is 3.76. The Balaban J connectivity index is 2.04. The first-order chi connectivity index (χ1) is 7.74. The van der Waals surface area contributed by atoms with Gasteiger partial charge in [0, 0.05) is 18.3 Å². The van der Waals surface area contributed by atoms with Crippen molar-refractivity contribution >= 4 is 11.8 Å². The monoisotopic (exact) mass is 220 g/mol. The Morgan fingerprint density at radius 2 is 2.19 bits per heavy atom.